The Morgan fingerprint density at radius 2 is 1.83 bits per heavy atom. The molecule has 0 radical (unpaired) electrons. The summed E-state index contributed by atoms with van der Waals surface area (Å²) in [5.41, 5.74) is 2.77. The lowest BCUT2D eigenvalue weighted by Gasteiger charge is -2.36. The minimum absolute atomic E-state index is 0.981. The van der Waals surface area contributed by atoms with Gasteiger partial charge >= 0.3 is 0 Å². The molecule has 0 spiro atoms. The average molecular weight is 345 g/mol. The fraction of sp³-hybridized carbons (Fsp3) is 0.500. The third-order valence-corrected chi connectivity index (χ3v) is 5.87. The van der Waals surface area contributed by atoms with Gasteiger partial charge < -0.3 is 9.64 Å². The van der Waals surface area contributed by atoms with E-state index in [0.717, 1.165) is 31.9 Å². The second-order valence-electron chi connectivity index (χ2n) is 6.54. The lowest BCUT2D eigenvalue weighted by atomic mass is 10.1. The van der Waals surface area contributed by atoms with Crippen LogP contribution in [0.1, 0.15) is 21.7 Å². The van der Waals surface area contributed by atoms with E-state index in [9.17, 15) is 0 Å². The third kappa shape index (κ3) is 4.11. The molecule has 1 saturated heterocycles. The first kappa shape index (κ1) is 17.3. The molecule has 24 heavy (non-hydrogen) atoms. The van der Waals surface area contributed by atoms with Gasteiger partial charge in [0.1, 0.15) is 5.75 Å². The molecule has 0 aliphatic carbocycles. The minimum Gasteiger partial charge on any atom is -0.495 e. The van der Waals surface area contributed by atoms with Gasteiger partial charge in [-0.2, -0.15) is 0 Å². The quantitative estimate of drug-likeness (QED) is 0.784. The molecule has 3 rings (SSSR count). The van der Waals surface area contributed by atoms with Crippen LogP contribution >= 0.6 is 11.3 Å². The van der Waals surface area contributed by atoms with E-state index in [-0.39, 0.29) is 0 Å². The third-order valence-electron chi connectivity index (χ3n) is 4.86. The fourth-order valence-electron chi connectivity index (χ4n) is 3.53. The van der Waals surface area contributed by atoms with Crippen LogP contribution in [0.2, 0.25) is 0 Å². The first-order valence-electron chi connectivity index (χ1n) is 8.83. The van der Waals surface area contributed by atoms with Gasteiger partial charge in [0.05, 0.1) is 12.8 Å². The van der Waals surface area contributed by atoms with E-state index < -0.39 is 0 Å². The van der Waals surface area contributed by atoms with Gasteiger partial charge in [0, 0.05) is 35.9 Å². The summed E-state index contributed by atoms with van der Waals surface area (Å²) >= 11 is 1.92. The second-order valence-corrected chi connectivity index (χ2v) is 8.00. The summed E-state index contributed by atoms with van der Waals surface area (Å²) in [5.74, 6) is 0.981. The highest BCUT2D eigenvalue weighted by molar-refractivity contribution is 7.12. The van der Waals surface area contributed by atoms with Crippen LogP contribution in [0, 0.1) is 13.8 Å². The van der Waals surface area contributed by atoms with Gasteiger partial charge in [0.2, 0.25) is 0 Å². The van der Waals surface area contributed by atoms with Crippen molar-refractivity contribution >= 4 is 17.0 Å². The van der Waals surface area contributed by atoms with E-state index in [1.54, 1.807) is 12.7 Å². The first-order chi connectivity index (χ1) is 11.7. The molecule has 1 aromatic heterocycles. The number of hydrogen-bond donors (Lipinski definition) is 0. The highest BCUT2D eigenvalue weighted by atomic mass is 32.1. The average Bonchev–Trinajstić information content (AvgIpc) is 2.93. The summed E-state index contributed by atoms with van der Waals surface area (Å²) < 4.78 is 5.50. The van der Waals surface area contributed by atoms with E-state index in [4.69, 9.17) is 4.74 Å². The lowest BCUT2D eigenvalue weighted by molar-refractivity contribution is 0.254. The van der Waals surface area contributed by atoms with Crippen LogP contribution in [-0.2, 0) is 6.42 Å². The first-order valence-corrected chi connectivity index (χ1v) is 9.65. The Morgan fingerprint density at radius 1 is 1.08 bits per heavy atom. The van der Waals surface area contributed by atoms with Crippen LogP contribution in [0.5, 0.6) is 5.75 Å². The Labute approximate surface area is 149 Å². The smallest absolute Gasteiger partial charge is 0.142 e. The van der Waals surface area contributed by atoms with Crippen molar-refractivity contribution in [2.24, 2.45) is 0 Å². The topological polar surface area (TPSA) is 15.7 Å². The molecular formula is C20H28N2OS. The van der Waals surface area contributed by atoms with Crippen LogP contribution in [-0.4, -0.2) is 44.7 Å². The second kappa shape index (κ2) is 8.04. The maximum absolute atomic E-state index is 5.50. The van der Waals surface area contributed by atoms with Crippen LogP contribution < -0.4 is 9.64 Å². The Kier molecular flexibility index (Phi) is 5.80. The molecule has 0 saturated carbocycles. The van der Waals surface area contributed by atoms with E-state index >= 15 is 0 Å². The van der Waals surface area contributed by atoms with Crippen molar-refractivity contribution in [3.05, 3.63) is 45.6 Å². The molecule has 1 aromatic carbocycles. The Bertz CT molecular complexity index is 659. The molecule has 1 aliphatic heterocycles. The maximum atomic E-state index is 5.50. The normalized spacial score (nSPS) is 15.7. The van der Waals surface area contributed by atoms with Gasteiger partial charge in [-0.25, -0.2) is 0 Å². The summed E-state index contributed by atoms with van der Waals surface area (Å²) in [4.78, 5) is 7.98. The number of para-hydroxylation sites is 2. The van der Waals surface area contributed by atoms with Crippen LogP contribution in [0.3, 0.4) is 0 Å². The zero-order valence-corrected chi connectivity index (χ0v) is 15.9. The molecule has 0 atom stereocenters. The molecular weight excluding hydrogens is 316 g/mol. The minimum atomic E-state index is 0.981. The number of nitrogens with zero attached hydrogens (tertiary/aromatic N) is 2. The van der Waals surface area contributed by atoms with Crippen molar-refractivity contribution in [2.75, 3.05) is 44.7 Å². The van der Waals surface area contributed by atoms with Gasteiger partial charge in [0.15, 0.2) is 0 Å². The number of hydrogen-bond acceptors (Lipinski definition) is 4. The number of benzene rings is 1. The van der Waals surface area contributed by atoms with Crippen molar-refractivity contribution in [1.29, 1.82) is 0 Å². The Balaban J connectivity index is 1.46. The highest BCUT2D eigenvalue weighted by Gasteiger charge is 2.19. The number of anilines is 1. The maximum Gasteiger partial charge on any atom is 0.142 e. The highest BCUT2D eigenvalue weighted by Crippen LogP contribution is 2.28. The largest absolute Gasteiger partial charge is 0.495 e. The van der Waals surface area contributed by atoms with Gasteiger partial charge in [-0.15, -0.1) is 11.3 Å². The summed E-state index contributed by atoms with van der Waals surface area (Å²) in [7, 11) is 1.75. The predicted molar refractivity (Wildman–Crippen MR) is 104 cm³/mol. The molecule has 4 heteroatoms. The molecule has 3 nitrogen and oxygen atoms in total. The number of rotatable bonds is 6. The molecule has 1 fully saturated rings. The van der Waals surface area contributed by atoms with Crippen LogP contribution in [0.4, 0.5) is 5.69 Å². The van der Waals surface area contributed by atoms with E-state index in [0.29, 0.717) is 0 Å². The molecule has 1 aliphatic rings. The van der Waals surface area contributed by atoms with E-state index in [2.05, 4.69) is 41.8 Å². The lowest BCUT2D eigenvalue weighted by Crippen LogP contribution is -2.46. The monoisotopic (exact) mass is 344 g/mol. The van der Waals surface area contributed by atoms with Gasteiger partial charge in [-0.05, 0) is 57.0 Å². The van der Waals surface area contributed by atoms with Crippen molar-refractivity contribution in [1.82, 2.24) is 4.90 Å². The van der Waals surface area contributed by atoms with Crippen LogP contribution in [0.15, 0.2) is 30.3 Å². The van der Waals surface area contributed by atoms with Crippen molar-refractivity contribution in [3.63, 3.8) is 0 Å². The van der Waals surface area contributed by atoms with Crippen molar-refractivity contribution in [2.45, 2.75) is 26.7 Å². The summed E-state index contributed by atoms with van der Waals surface area (Å²) in [6.45, 7) is 10.1. The van der Waals surface area contributed by atoms with E-state index in [1.165, 1.54) is 34.8 Å². The summed E-state index contributed by atoms with van der Waals surface area (Å²) in [6.07, 6.45) is 2.47. The Hall–Kier alpha value is -1.52. The van der Waals surface area contributed by atoms with Gasteiger partial charge in [0.25, 0.3) is 0 Å². The molecule has 0 unspecified atom stereocenters. The molecule has 2 heterocycles. The standard InChI is InChI=1S/C20H28N2OS/c1-16-15-18(17(2)24-16)7-6-10-21-11-13-22(14-12-21)19-8-4-5-9-20(19)23-3/h4-5,8-9,15H,6-7,10-14H2,1-3H3. The zero-order chi connectivity index (χ0) is 16.9. The number of piperazine rings is 1. The van der Waals surface area contributed by atoms with E-state index in [1.807, 2.05) is 23.5 Å². The summed E-state index contributed by atoms with van der Waals surface area (Å²) in [6, 6.07) is 10.7. The molecule has 0 N–H and O–H groups in total. The van der Waals surface area contributed by atoms with Gasteiger partial charge in [-0.1, -0.05) is 12.1 Å². The van der Waals surface area contributed by atoms with Crippen molar-refractivity contribution in [3.8, 4) is 5.75 Å². The molecule has 0 bridgehead atoms. The van der Waals surface area contributed by atoms with Gasteiger partial charge in [-0.3, -0.25) is 4.90 Å². The Morgan fingerprint density at radius 3 is 2.50 bits per heavy atom. The molecule has 2 aromatic rings. The number of ether oxygens (including phenoxy) is 1. The fourth-order valence-corrected chi connectivity index (χ4v) is 4.50. The van der Waals surface area contributed by atoms with Crippen LogP contribution in [0.25, 0.3) is 0 Å². The molecule has 130 valence electrons. The number of methoxy groups -OCH3 is 1. The number of thiophene rings is 1. The predicted octanol–water partition coefficient (Wildman–Crippen LogP) is 4.13. The summed E-state index contributed by atoms with van der Waals surface area (Å²) in [5, 5.41) is 0. The zero-order valence-electron chi connectivity index (χ0n) is 15.0. The SMILES string of the molecule is COc1ccccc1N1CCN(CCCc2cc(C)sc2C)CC1. The van der Waals surface area contributed by atoms with Crippen molar-refractivity contribution < 1.29 is 4.74 Å². The number of aryl methyl sites for hydroxylation is 3. The molecule has 0 amide bonds.